The number of nitrogens with zero attached hydrogens (tertiary/aromatic N) is 4. The SMILES string of the molecule is Cc1cc(C)n(CC(C)NC(=O)Cn2cc(CN3CCCC3)c3ccccc32)n1. The molecule has 29 heavy (non-hydrogen) atoms. The molecule has 0 spiro atoms. The van der Waals surface area contributed by atoms with Gasteiger partial charge in [-0.2, -0.15) is 5.10 Å². The van der Waals surface area contributed by atoms with Crippen LogP contribution in [0.3, 0.4) is 0 Å². The van der Waals surface area contributed by atoms with Gasteiger partial charge in [0.1, 0.15) is 6.54 Å². The summed E-state index contributed by atoms with van der Waals surface area (Å²) in [5, 5.41) is 8.87. The van der Waals surface area contributed by atoms with Gasteiger partial charge in [-0.1, -0.05) is 18.2 Å². The lowest BCUT2D eigenvalue weighted by atomic mass is 10.1. The van der Waals surface area contributed by atoms with Crippen molar-refractivity contribution in [1.82, 2.24) is 24.6 Å². The fourth-order valence-corrected chi connectivity index (χ4v) is 4.40. The van der Waals surface area contributed by atoms with Crippen LogP contribution in [0, 0.1) is 13.8 Å². The molecule has 154 valence electrons. The molecule has 2 aromatic heterocycles. The van der Waals surface area contributed by atoms with E-state index in [1.165, 1.54) is 36.9 Å². The zero-order valence-corrected chi connectivity index (χ0v) is 17.7. The number of aromatic nitrogens is 3. The zero-order valence-electron chi connectivity index (χ0n) is 17.7. The van der Waals surface area contributed by atoms with Crippen LogP contribution in [-0.4, -0.2) is 44.3 Å². The van der Waals surface area contributed by atoms with E-state index in [0.29, 0.717) is 13.1 Å². The molecule has 1 atom stereocenters. The smallest absolute Gasteiger partial charge is 0.240 e. The molecular weight excluding hydrogens is 362 g/mol. The first kappa shape index (κ1) is 19.7. The van der Waals surface area contributed by atoms with E-state index < -0.39 is 0 Å². The second kappa shape index (κ2) is 8.41. The Morgan fingerprint density at radius 2 is 1.97 bits per heavy atom. The number of aryl methyl sites for hydroxylation is 2. The maximum atomic E-state index is 12.7. The van der Waals surface area contributed by atoms with Gasteiger partial charge in [-0.05, 0) is 64.4 Å². The Morgan fingerprint density at radius 1 is 1.21 bits per heavy atom. The minimum absolute atomic E-state index is 0.0198. The van der Waals surface area contributed by atoms with Crippen LogP contribution < -0.4 is 5.32 Å². The zero-order chi connectivity index (χ0) is 20.4. The number of carbonyl (C=O) groups is 1. The lowest BCUT2D eigenvalue weighted by molar-refractivity contribution is -0.122. The number of fused-ring (bicyclic) bond motifs is 1. The summed E-state index contributed by atoms with van der Waals surface area (Å²) in [6, 6.07) is 10.5. The van der Waals surface area contributed by atoms with Gasteiger partial charge >= 0.3 is 0 Å². The first-order valence-corrected chi connectivity index (χ1v) is 10.6. The summed E-state index contributed by atoms with van der Waals surface area (Å²) in [5.74, 6) is 0.0347. The summed E-state index contributed by atoms with van der Waals surface area (Å²) >= 11 is 0. The molecule has 1 aliphatic rings. The molecule has 3 aromatic rings. The van der Waals surface area contributed by atoms with Crippen LogP contribution in [0.15, 0.2) is 36.5 Å². The summed E-state index contributed by atoms with van der Waals surface area (Å²) in [6.45, 7) is 10.4. The van der Waals surface area contributed by atoms with Crippen LogP contribution in [-0.2, 0) is 24.4 Å². The number of hydrogen-bond donors (Lipinski definition) is 1. The lowest BCUT2D eigenvalue weighted by Crippen LogP contribution is -2.38. The number of nitrogens with one attached hydrogen (secondary N) is 1. The van der Waals surface area contributed by atoms with E-state index in [-0.39, 0.29) is 11.9 Å². The van der Waals surface area contributed by atoms with Crippen molar-refractivity contribution >= 4 is 16.8 Å². The number of para-hydroxylation sites is 1. The molecule has 1 N–H and O–H groups in total. The summed E-state index contributed by atoms with van der Waals surface area (Å²) in [6.07, 6.45) is 4.73. The average Bonchev–Trinajstić information content (AvgIpc) is 3.37. The molecule has 1 amide bonds. The standard InChI is InChI=1S/C23H31N5O/c1-17-12-19(3)28(25-17)13-18(2)24-23(29)16-27-15-20(14-26-10-6-7-11-26)21-8-4-5-9-22(21)27/h4-5,8-9,12,15,18H,6-7,10-11,13-14,16H2,1-3H3,(H,24,29). The van der Waals surface area contributed by atoms with Crippen molar-refractivity contribution in [1.29, 1.82) is 0 Å². The van der Waals surface area contributed by atoms with Gasteiger partial charge in [-0.25, -0.2) is 0 Å². The predicted octanol–water partition coefficient (Wildman–Crippen LogP) is 3.26. The maximum Gasteiger partial charge on any atom is 0.240 e. The quantitative estimate of drug-likeness (QED) is 0.670. The van der Waals surface area contributed by atoms with E-state index in [1.807, 2.05) is 31.5 Å². The molecule has 0 bridgehead atoms. The van der Waals surface area contributed by atoms with Gasteiger partial charge in [0.2, 0.25) is 5.91 Å². The first-order valence-electron chi connectivity index (χ1n) is 10.6. The van der Waals surface area contributed by atoms with Crippen LogP contribution in [0.4, 0.5) is 0 Å². The highest BCUT2D eigenvalue weighted by Gasteiger charge is 2.17. The Hall–Kier alpha value is -2.60. The number of benzene rings is 1. The molecule has 4 rings (SSSR count). The molecule has 1 saturated heterocycles. The number of carbonyl (C=O) groups excluding carboxylic acids is 1. The first-order chi connectivity index (χ1) is 14.0. The van der Waals surface area contributed by atoms with Gasteiger partial charge < -0.3 is 9.88 Å². The second-order valence-electron chi connectivity index (χ2n) is 8.36. The minimum Gasteiger partial charge on any atom is -0.350 e. The third-order valence-corrected chi connectivity index (χ3v) is 5.74. The Labute approximate surface area is 172 Å². The molecule has 6 nitrogen and oxygen atoms in total. The second-order valence-corrected chi connectivity index (χ2v) is 8.36. The van der Waals surface area contributed by atoms with E-state index in [4.69, 9.17) is 0 Å². The van der Waals surface area contributed by atoms with Gasteiger partial charge in [0.05, 0.1) is 12.2 Å². The molecule has 1 aromatic carbocycles. The monoisotopic (exact) mass is 393 g/mol. The third-order valence-electron chi connectivity index (χ3n) is 5.74. The van der Waals surface area contributed by atoms with Crippen molar-refractivity contribution in [2.45, 2.75) is 59.3 Å². The highest BCUT2D eigenvalue weighted by atomic mass is 16.2. The van der Waals surface area contributed by atoms with Crippen molar-refractivity contribution in [3.63, 3.8) is 0 Å². The van der Waals surface area contributed by atoms with Crippen LogP contribution >= 0.6 is 0 Å². The molecule has 1 unspecified atom stereocenters. The molecule has 1 fully saturated rings. The van der Waals surface area contributed by atoms with Crippen LogP contribution in [0.25, 0.3) is 10.9 Å². The van der Waals surface area contributed by atoms with E-state index in [0.717, 1.165) is 23.4 Å². The fraction of sp³-hybridized carbons (Fsp3) is 0.478. The van der Waals surface area contributed by atoms with Gasteiger partial charge in [0.25, 0.3) is 0 Å². The summed E-state index contributed by atoms with van der Waals surface area (Å²) < 4.78 is 4.05. The van der Waals surface area contributed by atoms with Gasteiger partial charge in [-0.3, -0.25) is 14.4 Å². The van der Waals surface area contributed by atoms with Gasteiger partial charge in [0.15, 0.2) is 0 Å². The maximum absolute atomic E-state index is 12.7. The molecule has 0 aliphatic carbocycles. The Bertz CT molecular complexity index is 996. The predicted molar refractivity (Wildman–Crippen MR) is 116 cm³/mol. The Kier molecular flexibility index (Phi) is 5.72. The molecular formula is C23H31N5O. The molecule has 0 saturated carbocycles. The Morgan fingerprint density at radius 3 is 2.69 bits per heavy atom. The van der Waals surface area contributed by atoms with E-state index in [9.17, 15) is 4.79 Å². The molecule has 3 heterocycles. The largest absolute Gasteiger partial charge is 0.350 e. The highest BCUT2D eigenvalue weighted by molar-refractivity contribution is 5.86. The Balaban J connectivity index is 1.44. The van der Waals surface area contributed by atoms with Crippen LogP contribution in [0.2, 0.25) is 0 Å². The number of rotatable bonds is 7. The van der Waals surface area contributed by atoms with Crippen LogP contribution in [0.5, 0.6) is 0 Å². The van der Waals surface area contributed by atoms with Crippen molar-refractivity contribution < 1.29 is 4.79 Å². The summed E-state index contributed by atoms with van der Waals surface area (Å²) in [7, 11) is 0. The minimum atomic E-state index is 0.0198. The molecule has 1 aliphatic heterocycles. The lowest BCUT2D eigenvalue weighted by Gasteiger charge is -2.16. The summed E-state index contributed by atoms with van der Waals surface area (Å²) in [5.41, 5.74) is 4.56. The molecule has 6 heteroatoms. The van der Waals surface area contributed by atoms with E-state index in [1.54, 1.807) is 0 Å². The van der Waals surface area contributed by atoms with Crippen molar-refractivity contribution in [3.8, 4) is 0 Å². The highest BCUT2D eigenvalue weighted by Crippen LogP contribution is 2.24. The topological polar surface area (TPSA) is 55.1 Å². The number of likely N-dealkylation sites (tertiary alicyclic amines) is 1. The van der Waals surface area contributed by atoms with E-state index >= 15 is 0 Å². The van der Waals surface area contributed by atoms with Gasteiger partial charge in [-0.15, -0.1) is 0 Å². The van der Waals surface area contributed by atoms with E-state index in [2.05, 4.69) is 50.3 Å². The normalized spacial score (nSPS) is 15.8. The average molecular weight is 394 g/mol. The molecule has 0 radical (unpaired) electrons. The van der Waals surface area contributed by atoms with Crippen molar-refractivity contribution in [3.05, 3.63) is 53.5 Å². The van der Waals surface area contributed by atoms with Crippen molar-refractivity contribution in [2.24, 2.45) is 0 Å². The third kappa shape index (κ3) is 4.53. The van der Waals surface area contributed by atoms with Gasteiger partial charge in [0, 0.05) is 35.4 Å². The number of hydrogen-bond acceptors (Lipinski definition) is 3. The summed E-state index contributed by atoms with van der Waals surface area (Å²) in [4.78, 5) is 15.2. The van der Waals surface area contributed by atoms with Crippen molar-refractivity contribution in [2.75, 3.05) is 13.1 Å². The van der Waals surface area contributed by atoms with Crippen LogP contribution in [0.1, 0.15) is 36.7 Å². The fourth-order valence-electron chi connectivity index (χ4n) is 4.40. The number of amides is 1.